The van der Waals surface area contributed by atoms with Crippen molar-refractivity contribution in [2.75, 3.05) is 0 Å². The van der Waals surface area contributed by atoms with E-state index in [0.29, 0.717) is 11.3 Å². The second-order valence-corrected chi connectivity index (χ2v) is 4.74. The third-order valence-corrected chi connectivity index (χ3v) is 3.27. The van der Waals surface area contributed by atoms with Gasteiger partial charge in [-0.05, 0) is 31.1 Å². The number of halogens is 1. The van der Waals surface area contributed by atoms with E-state index in [1.54, 1.807) is 5.57 Å². The average molecular weight is 187 g/mol. The zero-order valence-corrected chi connectivity index (χ0v) is 9.06. The fourth-order valence-electron chi connectivity index (χ4n) is 1.71. The van der Waals surface area contributed by atoms with Gasteiger partial charge in [-0.25, -0.2) is 0 Å². The summed E-state index contributed by atoms with van der Waals surface area (Å²) in [6.45, 7) is 6.87. The van der Waals surface area contributed by atoms with Crippen LogP contribution in [0.5, 0.6) is 0 Å². The zero-order valence-electron chi connectivity index (χ0n) is 8.31. The predicted octanol–water partition coefficient (Wildman–Crippen LogP) is 4.00. The molecule has 2 atom stereocenters. The fraction of sp³-hybridized carbons (Fsp3) is 0.818. The number of hydrogen-bond donors (Lipinski definition) is 0. The third kappa shape index (κ3) is 2.52. The molecule has 1 heteroatoms. The van der Waals surface area contributed by atoms with Gasteiger partial charge in [0.15, 0.2) is 0 Å². The fourth-order valence-corrected chi connectivity index (χ4v) is 2.02. The van der Waals surface area contributed by atoms with Crippen LogP contribution in [0.4, 0.5) is 0 Å². The lowest BCUT2D eigenvalue weighted by Gasteiger charge is -2.24. The quantitative estimate of drug-likeness (QED) is 0.452. The Bertz CT molecular complexity index is 170. The third-order valence-electron chi connectivity index (χ3n) is 2.93. The van der Waals surface area contributed by atoms with Crippen LogP contribution in [-0.2, 0) is 0 Å². The van der Waals surface area contributed by atoms with Gasteiger partial charge in [0.1, 0.15) is 0 Å². The molecule has 0 saturated carbocycles. The van der Waals surface area contributed by atoms with Gasteiger partial charge in [0.05, 0.1) is 5.38 Å². The number of rotatable bonds is 2. The van der Waals surface area contributed by atoms with Crippen molar-refractivity contribution < 1.29 is 0 Å². The monoisotopic (exact) mass is 186 g/mol. The van der Waals surface area contributed by atoms with Crippen molar-refractivity contribution in [1.82, 2.24) is 0 Å². The van der Waals surface area contributed by atoms with Crippen LogP contribution in [0.3, 0.4) is 0 Å². The molecule has 1 rings (SSSR count). The first-order valence-electron chi connectivity index (χ1n) is 4.96. The van der Waals surface area contributed by atoms with E-state index in [0.717, 1.165) is 12.3 Å². The molecule has 0 fully saturated rings. The Balaban J connectivity index is 2.61. The lowest BCUT2D eigenvalue weighted by atomic mass is 9.84. The maximum absolute atomic E-state index is 6.08. The summed E-state index contributed by atoms with van der Waals surface area (Å²) in [6.07, 6.45) is 5.98. The molecule has 0 aromatic heterocycles. The van der Waals surface area contributed by atoms with Crippen molar-refractivity contribution in [3.8, 4) is 0 Å². The van der Waals surface area contributed by atoms with Crippen molar-refractivity contribution >= 4 is 11.6 Å². The maximum Gasteiger partial charge on any atom is 0.0518 e. The molecule has 0 heterocycles. The number of hydrogen-bond acceptors (Lipinski definition) is 0. The molecule has 0 N–H and O–H groups in total. The van der Waals surface area contributed by atoms with E-state index in [1.165, 1.54) is 12.8 Å². The molecule has 0 aliphatic heterocycles. The molecular weight excluding hydrogens is 168 g/mol. The topological polar surface area (TPSA) is 0 Å². The molecule has 12 heavy (non-hydrogen) atoms. The molecule has 0 saturated heterocycles. The summed E-state index contributed by atoms with van der Waals surface area (Å²) in [7, 11) is 0. The average Bonchev–Trinajstić information content (AvgIpc) is 2.03. The van der Waals surface area contributed by atoms with Gasteiger partial charge in [0.2, 0.25) is 0 Å². The summed E-state index contributed by atoms with van der Waals surface area (Å²) < 4.78 is 0. The first-order chi connectivity index (χ1) is 5.61. The smallest absolute Gasteiger partial charge is 0.0518 e. The van der Waals surface area contributed by atoms with Gasteiger partial charge in [0, 0.05) is 0 Å². The van der Waals surface area contributed by atoms with E-state index >= 15 is 0 Å². The van der Waals surface area contributed by atoms with Crippen molar-refractivity contribution in [1.29, 1.82) is 0 Å². The maximum atomic E-state index is 6.08. The Morgan fingerprint density at radius 1 is 1.42 bits per heavy atom. The van der Waals surface area contributed by atoms with E-state index in [1.807, 2.05) is 0 Å². The molecular formula is C11H19Cl. The summed E-state index contributed by atoms with van der Waals surface area (Å²) >= 11 is 6.08. The molecule has 0 aromatic carbocycles. The molecule has 0 bridgehead atoms. The van der Waals surface area contributed by atoms with Crippen LogP contribution in [0.15, 0.2) is 11.6 Å². The Morgan fingerprint density at radius 2 is 2.08 bits per heavy atom. The van der Waals surface area contributed by atoms with Crippen LogP contribution in [0.2, 0.25) is 0 Å². The van der Waals surface area contributed by atoms with Crippen LogP contribution in [-0.4, -0.2) is 5.38 Å². The SMILES string of the molecule is CC(C)C(C)C1=CC(Cl)CCC1. The minimum Gasteiger partial charge on any atom is -0.118 e. The second-order valence-electron chi connectivity index (χ2n) is 4.18. The number of allylic oxidation sites excluding steroid dienone is 2. The van der Waals surface area contributed by atoms with Gasteiger partial charge >= 0.3 is 0 Å². The standard InChI is InChI=1S/C11H19Cl/c1-8(2)9(3)10-5-4-6-11(12)7-10/h7-9,11H,4-6H2,1-3H3. The van der Waals surface area contributed by atoms with E-state index in [2.05, 4.69) is 26.8 Å². The minimum absolute atomic E-state index is 0.301. The molecule has 2 unspecified atom stereocenters. The highest BCUT2D eigenvalue weighted by Crippen LogP contribution is 2.30. The van der Waals surface area contributed by atoms with E-state index < -0.39 is 0 Å². The zero-order chi connectivity index (χ0) is 9.14. The van der Waals surface area contributed by atoms with Crippen LogP contribution < -0.4 is 0 Å². The first kappa shape index (κ1) is 10.1. The number of alkyl halides is 1. The molecule has 0 aromatic rings. The Morgan fingerprint density at radius 3 is 2.58 bits per heavy atom. The van der Waals surface area contributed by atoms with Gasteiger partial charge in [-0.1, -0.05) is 32.4 Å². The normalized spacial score (nSPS) is 27.1. The lowest BCUT2D eigenvalue weighted by Crippen LogP contribution is -2.13. The van der Waals surface area contributed by atoms with Gasteiger partial charge < -0.3 is 0 Å². The van der Waals surface area contributed by atoms with Gasteiger partial charge in [-0.3, -0.25) is 0 Å². The summed E-state index contributed by atoms with van der Waals surface area (Å²) in [6, 6.07) is 0. The summed E-state index contributed by atoms with van der Waals surface area (Å²) in [5, 5.41) is 0.301. The van der Waals surface area contributed by atoms with E-state index in [4.69, 9.17) is 11.6 Å². The molecule has 70 valence electrons. The van der Waals surface area contributed by atoms with Crippen LogP contribution in [0, 0.1) is 11.8 Å². The second kappa shape index (κ2) is 4.32. The first-order valence-corrected chi connectivity index (χ1v) is 5.39. The van der Waals surface area contributed by atoms with Crippen molar-refractivity contribution in [2.45, 2.75) is 45.4 Å². The van der Waals surface area contributed by atoms with Crippen molar-refractivity contribution in [3.63, 3.8) is 0 Å². The van der Waals surface area contributed by atoms with E-state index in [9.17, 15) is 0 Å². The Kier molecular flexibility index (Phi) is 3.64. The van der Waals surface area contributed by atoms with E-state index in [-0.39, 0.29) is 0 Å². The van der Waals surface area contributed by atoms with Crippen molar-refractivity contribution in [3.05, 3.63) is 11.6 Å². The summed E-state index contributed by atoms with van der Waals surface area (Å²) in [5.74, 6) is 1.46. The van der Waals surface area contributed by atoms with Gasteiger partial charge in [0.25, 0.3) is 0 Å². The summed E-state index contributed by atoms with van der Waals surface area (Å²) in [4.78, 5) is 0. The van der Waals surface area contributed by atoms with Crippen LogP contribution >= 0.6 is 11.6 Å². The van der Waals surface area contributed by atoms with Crippen LogP contribution in [0.1, 0.15) is 40.0 Å². The lowest BCUT2D eigenvalue weighted by molar-refractivity contribution is 0.453. The largest absolute Gasteiger partial charge is 0.118 e. The molecule has 0 spiro atoms. The Labute approximate surface area is 81.0 Å². The summed E-state index contributed by atoms with van der Waals surface area (Å²) in [5.41, 5.74) is 1.58. The van der Waals surface area contributed by atoms with Gasteiger partial charge in [-0.2, -0.15) is 0 Å². The molecule has 1 aliphatic carbocycles. The minimum atomic E-state index is 0.301. The highest BCUT2D eigenvalue weighted by molar-refractivity contribution is 6.21. The van der Waals surface area contributed by atoms with Crippen LogP contribution in [0.25, 0.3) is 0 Å². The molecule has 0 radical (unpaired) electrons. The predicted molar refractivity (Wildman–Crippen MR) is 55.6 cm³/mol. The highest BCUT2D eigenvalue weighted by atomic mass is 35.5. The molecule has 0 nitrogen and oxygen atoms in total. The highest BCUT2D eigenvalue weighted by Gasteiger charge is 2.17. The van der Waals surface area contributed by atoms with Gasteiger partial charge in [-0.15, -0.1) is 11.6 Å². The Hall–Kier alpha value is 0.0300. The molecule has 0 amide bonds. The molecule has 1 aliphatic rings. The van der Waals surface area contributed by atoms with Crippen molar-refractivity contribution in [2.24, 2.45) is 11.8 Å².